The van der Waals surface area contributed by atoms with E-state index in [1.807, 2.05) is 75.5 Å². The number of halogens is 1. The van der Waals surface area contributed by atoms with Crippen LogP contribution in [0.15, 0.2) is 42.5 Å². The lowest BCUT2D eigenvalue weighted by molar-refractivity contribution is -0.710. The summed E-state index contributed by atoms with van der Waals surface area (Å²) in [5.74, 6) is -0.433. The van der Waals surface area contributed by atoms with Gasteiger partial charge >= 0.3 is 0 Å². The van der Waals surface area contributed by atoms with Crippen molar-refractivity contribution in [2.45, 2.75) is 39.8 Å². The molecule has 0 fully saturated rings. The molecule has 0 bridgehead atoms. The average Bonchev–Trinajstić information content (AvgIpc) is 2.63. The average molecular weight is 389 g/mol. The van der Waals surface area contributed by atoms with Gasteiger partial charge in [-0.3, -0.25) is 9.59 Å². The quantitative estimate of drug-likeness (QED) is 0.682. The molecule has 0 spiro atoms. The van der Waals surface area contributed by atoms with E-state index in [-0.39, 0.29) is 30.4 Å². The van der Waals surface area contributed by atoms with Crippen molar-refractivity contribution in [1.29, 1.82) is 0 Å². The summed E-state index contributed by atoms with van der Waals surface area (Å²) in [4.78, 5) is 24.5. The van der Waals surface area contributed by atoms with Gasteiger partial charge in [-0.05, 0) is 44.9 Å². The molecule has 0 radical (unpaired) electrons. The van der Waals surface area contributed by atoms with E-state index in [0.717, 1.165) is 22.4 Å². The highest BCUT2D eigenvalue weighted by atomic mass is 35.5. The summed E-state index contributed by atoms with van der Waals surface area (Å²) in [6.07, 6.45) is 0. The highest BCUT2D eigenvalue weighted by Crippen LogP contribution is 2.20. The van der Waals surface area contributed by atoms with Gasteiger partial charge in [0, 0.05) is 16.3 Å². The smallest absolute Gasteiger partial charge is 0.278 e. The van der Waals surface area contributed by atoms with E-state index >= 15 is 0 Å². The number of quaternary nitrogens is 1. The number of amides is 2. The first-order valence-corrected chi connectivity index (χ1v) is 9.40. The van der Waals surface area contributed by atoms with Gasteiger partial charge in [-0.15, -0.1) is 0 Å². The van der Waals surface area contributed by atoms with Crippen molar-refractivity contribution < 1.29 is 14.9 Å². The Hall–Kier alpha value is -2.37. The maximum atomic E-state index is 12.3. The summed E-state index contributed by atoms with van der Waals surface area (Å²) in [7, 11) is 0. The van der Waals surface area contributed by atoms with Gasteiger partial charge in [-0.2, -0.15) is 0 Å². The van der Waals surface area contributed by atoms with Gasteiger partial charge in [0.25, 0.3) is 5.91 Å². The Kier molecular flexibility index (Phi) is 7.39. The second-order valence-electron chi connectivity index (χ2n) is 6.82. The zero-order chi connectivity index (χ0) is 20.0. The number of carbonyl (C=O) groups is 2. The monoisotopic (exact) mass is 388 g/mol. The van der Waals surface area contributed by atoms with Crippen LogP contribution < -0.4 is 16.0 Å². The van der Waals surface area contributed by atoms with E-state index in [1.165, 1.54) is 0 Å². The maximum absolute atomic E-state index is 12.3. The van der Waals surface area contributed by atoms with E-state index in [4.69, 9.17) is 11.6 Å². The molecule has 4 N–H and O–H groups in total. The minimum Gasteiger partial charge on any atom is -0.342 e. The molecule has 0 unspecified atom stereocenters. The molecule has 2 aromatic carbocycles. The number of benzene rings is 2. The molecule has 2 atom stereocenters. The molecule has 0 saturated carbocycles. The fourth-order valence-corrected chi connectivity index (χ4v) is 3.30. The molecular weight excluding hydrogens is 362 g/mol. The minimum atomic E-state index is -0.343. The molecule has 27 heavy (non-hydrogen) atoms. The van der Waals surface area contributed by atoms with Crippen LogP contribution in [-0.2, 0) is 9.59 Å². The highest BCUT2D eigenvalue weighted by Gasteiger charge is 2.22. The molecule has 0 aliphatic rings. The largest absolute Gasteiger partial charge is 0.342 e. The van der Waals surface area contributed by atoms with E-state index in [0.29, 0.717) is 5.02 Å². The number of anilines is 1. The van der Waals surface area contributed by atoms with Crippen LogP contribution >= 0.6 is 11.6 Å². The number of aryl methyl sites for hydroxylation is 2. The second kappa shape index (κ2) is 9.53. The van der Waals surface area contributed by atoms with Crippen LogP contribution in [0.2, 0.25) is 5.02 Å². The summed E-state index contributed by atoms with van der Waals surface area (Å²) in [5.41, 5.74) is 3.75. The summed E-state index contributed by atoms with van der Waals surface area (Å²) in [6.45, 7) is 7.62. The van der Waals surface area contributed by atoms with Crippen LogP contribution in [0.25, 0.3) is 0 Å². The van der Waals surface area contributed by atoms with Crippen molar-refractivity contribution in [2.24, 2.45) is 0 Å². The van der Waals surface area contributed by atoms with Crippen molar-refractivity contribution >= 4 is 29.1 Å². The van der Waals surface area contributed by atoms with Crippen molar-refractivity contribution in [3.8, 4) is 0 Å². The lowest BCUT2D eigenvalue weighted by Gasteiger charge is -2.18. The third-order valence-corrected chi connectivity index (χ3v) is 4.90. The van der Waals surface area contributed by atoms with Gasteiger partial charge in [0.1, 0.15) is 6.04 Å². The first-order valence-electron chi connectivity index (χ1n) is 9.02. The Balaban J connectivity index is 1.86. The van der Waals surface area contributed by atoms with Crippen LogP contribution in [0.4, 0.5) is 5.69 Å². The lowest BCUT2D eigenvalue weighted by atomic mass is 10.1. The molecule has 0 aliphatic carbocycles. The number of hydrogen-bond acceptors (Lipinski definition) is 2. The maximum Gasteiger partial charge on any atom is 0.278 e. The number of carbonyl (C=O) groups excluding carboxylic acids is 2. The molecule has 0 aliphatic heterocycles. The summed E-state index contributed by atoms with van der Waals surface area (Å²) < 4.78 is 0. The molecule has 2 amide bonds. The normalized spacial score (nSPS) is 12.9. The standard InChI is InChI=1S/C21H26ClN3O2/c1-13-8-7-9-14(2)20(13)25-19(26)12-23-21(27)16(4)24-15(3)17-10-5-6-11-18(17)22/h5-11,15-16,24H,12H2,1-4H3,(H,23,27)(H,25,26)/p+1/t15-,16+/m0/s1. The lowest BCUT2D eigenvalue weighted by Crippen LogP contribution is -2.92. The summed E-state index contributed by atoms with van der Waals surface area (Å²) >= 11 is 6.21. The van der Waals surface area contributed by atoms with Crippen LogP contribution in [0.1, 0.15) is 36.6 Å². The van der Waals surface area contributed by atoms with E-state index in [2.05, 4.69) is 10.6 Å². The molecule has 0 aromatic heterocycles. The summed E-state index contributed by atoms with van der Waals surface area (Å²) in [6, 6.07) is 13.1. The number of hydrogen-bond donors (Lipinski definition) is 3. The predicted molar refractivity (Wildman–Crippen MR) is 109 cm³/mol. The van der Waals surface area contributed by atoms with Gasteiger partial charge in [-0.1, -0.05) is 48.0 Å². The van der Waals surface area contributed by atoms with Crippen molar-refractivity contribution in [3.63, 3.8) is 0 Å². The summed E-state index contributed by atoms with van der Waals surface area (Å²) in [5, 5.41) is 8.18. The third-order valence-electron chi connectivity index (χ3n) is 4.56. The fourth-order valence-electron chi connectivity index (χ4n) is 2.99. The molecule has 2 aromatic rings. The van der Waals surface area contributed by atoms with Gasteiger partial charge < -0.3 is 16.0 Å². The Labute approximate surface area is 165 Å². The number of nitrogens with one attached hydrogen (secondary N) is 2. The Morgan fingerprint density at radius 3 is 2.30 bits per heavy atom. The van der Waals surface area contributed by atoms with E-state index in [9.17, 15) is 9.59 Å². The zero-order valence-corrected chi connectivity index (χ0v) is 16.9. The first-order chi connectivity index (χ1) is 12.8. The van der Waals surface area contributed by atoms with Gasteiger partial charge in [0.05, 0.1) is 6.54 Å². The second-order valence-corrected chi connectivity index (χ2v) is 7.23. The molecular formula is C21H27ClN3O2+. The van der Waals surface area contributed by atoms with Crippen molar-refractivity contribution in [2.75, 3.05) is 11.9 Å². The van der Waals surface area contributed by atoms with Crippen LogP contribution in [0, 0.1) is 13.8 Å². The van der Waals surface area contributed by atoms with Gasteiger partial charge in [0.15, 0.2) is 6.04 Å². The molecule has 0 saturated heterocycles. The zero-order valence-electron chi connectivity index (χ0n) is 16.2. The van der Waals surface area contributed by atoms with Crippen LogP contribution in [-0.4, -0.2) is 24.4 Å². The van der Waals surface area contributed by atoms with Gasteiger partial charge in [-0.25, -0.2) is 0 Å². The molecule has 5 nitrogen and oxygen atoms in total. The van der Waals surface area contributed by atoms with E-state index < -0.39 is 0 Å². The van der Waals surface area contributed by atoms with Gasteiger partial charge in [0.2, 0.25) is 5.91 Å². The van der Waals surface area contributed by atoms with Crippen molar-refractivity contribution in [1.82, 2.24) is 5.32 Å². The Morgan fingerprint density at radius 2 is 1.67 bits per heavy atom. The molecule has 0 heterocycles. The Morgan fingerprint density at radius 1 is 1.04 bits per heavy atom. The van der Waals surface area contributed by atoms with Crippen LogP contribution in [0.3, 0.4) is 0 Å². The van der Waals surface area contributed by atoms with E-state index in [1.54, 1.807) is 0 Å². The number of nitrogens with two attached hydrogens (primary N) is 1. The first kappa shape index (κ1) is 20.9. The topological polar surface area (TPSA) is 74.8 Å². The minimum absolute atomic E-state index is 0.0305. The Bertz CT molecular complexity index is 803. The van der Waals surface area contributed by atoms with Crippen LogP contribution in [0.5, 0.6) is 0 Å². The fraction of sp³-hybridized carbons (Fsp3) is 0.333. The highest BCUT2D eigenvalue weighted by molar-refractivity contribution is 6.31. The SMILES string of the molecule is Cc1cccc(C)c1NC(=O)CNC(=O)[C@@H](C)[NH2+][C@@H](C)c1ccccc1Cl. The predicted octanol–water partition coefficient (Wildman–Crippen LogP) is 2.72. The molecule has 144 valence electrons. The van der Waals surface area contributed by atoms with Crippen molar-refractivity contribution in [3.05, 3.63) is 64.2 Å². The third kappa shape index (κ3) is 5.81. The number of para-hydroxylation sites is 1. The number of rotatable bonds is 7. The molecule has 2 rings (SSSR count). The molecule has 6 heteroatoms.